The molecule has 0 saturated heterocycles. The molecule has 4 aromatic rings. The van der Waals surface area contributed by atoms with Crippen molar-refractivity contribution >= 4 is 44.0 Å². The zero-order valence-corrected chi connectivity index (χ0v) is 21.6. The van der Waals surface area contributed by atoms with E-state index in [-0.39, 0.29) is 12.1 Å². The van der Waals surface area contributed by atoms with Gasteiger partial charge in [-0.15, -0.1) is 22.7 Å². The first-order valence-corrected chi connectivity index (χ1v) is 13.0. The number of benzene rings is 1. The summed E-state index contributed by atoms with van der Waals surface area (Å²) >= 11 is 3.43. The summed E-state index contributed by atoms with van der Waals surface area (Å²) in [5.41, 5.74) is 5.21. The fourth-order valence-corrected chi connectivity index (χ4v) is 6.72. The number of thiophene rings is 1. The van der Waals surface area contributed by atoms with E-state index in [2.05, 4.69) is 35.4 Å². The number of amides is 1. The van der Waals surface area contributed by atoms with Gasteiger partial charge >= 0.3 is 6.09 Å². The van der Waals surface area contributed by atoms with Crippen LogP contribution in [0.2, 0.25) is 0 Å². The van der Waals surface area contributed by atoms with Crippen molar-refractivity contribution in [3.63, 3.8) is 0 Å². The van der Waals surface area contributed by atoms with E-state index in [1.165, 1.54) is 16.0 Å². The number of ether oxygens (including phenoxy) is 1. The second-order valence-corrected chi connectivity index (χ2v) is 11.5. The van der Waals surface area contributed by atoms with Crippen LogP contribution in [0.5, 0.6) is 0 Å². The van der Waals surface area contributed by atoms with Gasteiger partial charge in [-0.2, -0.15) is 0 Å². The number of fused-ring (bicyclic) bond motifs is 2. The number of aromatic nitrogens is 2. The Balaban J connectivity index is 1.52. The number of pyridine rings is 1. The predicted octanol–water partition coefficient (Wildman–Crippen LogP) is 6.98. The minimum atomic E-state index is -0.510. The molecule has 0 aliphatic carbocycles. The summed E-state index contributed by atoms with van der Waals surface area (Å²) in [6.07, 6.45) is 4.15. The molecule has 0 bridgehead atoms. The van der Waals surface area contributed by atoms with Gasteiger partial charge in [0.25, 0.3) is 0 Å². The molecule has 1 aromatic carbocycles. The Morgan fingerprint density at radius 1 is 1.15 bits per heavy atom. The third-order valence-electron chi connectivity index (χ3n) is 5.96. The number of nitrogens with one attached hydrogen (secondary N) is 1. The van der Waals surface area contributed by atoms with Gasteiger partial charge in [-0.3, -0.25) is 4.98 Å². The highest BCUT2D eigenvalue weighted by atomic mass is 32.1. The highest BCUT2D eigenvalue weighted by Crippen LogP contribution is 2.48. The van der Waals surface area contributed by atoms with Gasteiger partial charge in [0.1, 0.15) is 10.6 Å². The van der Waals surface area contributed by atoms with Crippen LogP contribution < -0.4 is 5.32 Å². The summed E-state index contributed by atoms with van der Waals surface area (Å²) < 4.78 is 6.82. The lowest BCUT2D eigenvalue weighted by Crippen LogP contribution is -2.41. The third-order valence-corrected chi connectivity index (χ3v) is 8.43. The molecule has 3 aromatic heterocycles. The quantitative estimate of drug-likeness (QED) is 0.334. The molecule has 1 N–H and O–H groups in total. The van der Waals surface area contributed by atoms with Crippen LogP contribution >= 0.6 is 22.7 Å². The van der Waals surface area contributed by atoms with Crippen molar-refractivity contribution in [3.8, 4) is 21.7 Å². The Morgan fingerprint density at radius 3 is 2.62 bits per heavy atom. The first-order chi connectivity index (χ1) is 16.2. The zero-order chi connectivity index (χ0) is 24.0. The maximum absolute atomic E-state index is 12.8. The lowest BCUT2D eigenvalue weighted by molar-refractivity contribution is 0.0164. The Hall–Kier alpha value is -2.97. The fourth-order valence-electron chi connectivity index (χ4n) is 4.37. The SMILES string of the molecule is CNc1sc2c(c1-c1nc3cc(-c4ccncc4)ccc3s1)CCN(C(=O)OC(C)(C)C)C2C. The molecular weight excluding hydrogens is 464 g/mol. The largest absolute Gasteiger partial charge is 0.444 e. The summed E-state index contributed by atoms with van der Waals surface area (Å²) in [5, 5.41) is 5.49. The number of hydrogen-bond donors (Lipinski definition) is 1. The lowest BCUT2D eigenvalue weighted by Gasteiger charge is -2.35. The summed E-state index contributed by atoms with van der Waals surface area (Å²) in [6.45, 7) is 8.43. The normalized spacial score (nSPS) is 15.9. The van der Waals surface area contributed by atoms with Crippen molar-refractivity contribution in [2.45, 2.75) is 45.8 Å². The lowest BCUT2D eigenvalue weighted by atomic mass is 9.98. The van der Waals surface area contributed by atoms with Crippen LogP contribution in [0.15, 0.2) is 42.7 Å². The van der Waals surface area contributed by atoms with Crippen molar-refractivity contribution in [1.82, 2.24) is 14.9 Å². The van der Waals surface area contributed by atoms with E-state index in [4.69, 9.17) is 9.72 Å². The first-order valence-electron chi connectivity index (χ1n) is 11.4. The number of thiazole rings is 1. The van der Waals surface area contributed by atoms with E-state index in [0.29, 0.717) is 6.54 Å². The van der Waals surface area contributed by atoms with E-state index in [0.717, 1.165) is 37.8 Å². The van der Waals surface area contributed by atoms with Crippen LogP contribution in [-0.4, -0.2) is 40.2 Å². The van der Waals surface area contributed by atoms with E-state index < -0.39 is 5.60 Å². The average molecular weight is 493 g/mol. The Bertz CT molecular complexity index is 1350. The van der Waals surface area contributed by atoms with Crippen LogP contribution in [0.25, 0.3) is 31.9 Å². The van der Waals surface area contributed by atoms with Crippen molar-refractivity contribution < 1.29 is 9.53 Å². The van der Waals surface area contributed by atoms with Crippen LogP contribution in [-0.2, 0) is 11.2 Å². The molecule has 0 radical (unpaired) electrons. The van der Waals surface area contributed by atoms with Crippen molar-refractivity contribution in [3.05, 3.63) is 53.2 Å². The maximum Gasteiger partial charge on any atom is 0.410 e. The van der Waals surface area contributed by atoms with Crippen LogP contribution in [0.1, 0.15) is 44.2 Å². The van der Waals surface area contributed by atoms with Gasteiger partial charge in [0.2, 0.25) is 0 Å². The molecule has 0 fully saturated rings. The second-order valence-electron chi connectivity index (χ2n) is 9.44. The van der Waals surface area contributed by atoms with Crippen LogP contribution in [0, 0.1) is 0 Å². The molecule has 0 spiro atoms. The van der Waals surface area contributed by atoms with E-state index in [9.17, 15) is 4.79 Å². The molecule has 0 saturated carbocycles. The van der Waals surface area contributed by atoms with Gasteiger partial charge in [-0.05, 0) is 75.1 Å². The van der Waals surface area contributed by atoms with Crippen molar-refractivity contribution in [2.24, 2.45) is 0 Å². The Labute approximate surface area is 207 Å². The summed E-state index contributed by atoms with van der Waals surface area (Å²) in [5.74, 6) is 0. The molecule has 176 valence electrons. The zero-order valence-electron chi connectivity index (χ0n) is 20.0. The molecule has 5 rings (SSSR count). The second kappa shape index (κ2) is 8.67. The number of carbonyl (C=O) groups is 1. The van der Waals surface area contributed by atoms with E-state index in [1.54, 1.807) is 22.7 Å². The van der Waals surface area contributed by atoms with E-state index >= 15 is 0 Å². The van der Waals surface area contributed by atoms with Gasteiger partial charge in [-0.1, -0.05) is 6.07 Å². The number of carbonyl (C=O) groups excluding carboxylic acids is 1. The minimum Gasteiger partial charge on any atom is -0.444 e. The highest BCUT2D eigenvalue weighted by Gasteiger charge is 2.35. The molecule has 6 nitrogen and oxygen atoms in total. The summed E-state index contributed by atoms with van der Waals surface area (Å²) in [4.78, 5) is 25.0. The average Bonchev–Trinajstić information content (AvgIpc) is 3.39. The molecule has 1 amide bonds. The molecule has 1 atom stereocenters. The number of hydrogen-bond acceptors (Lipinski definition) is 7. The molecule has 4 heterocycles. The van der Waals surface area contributed by atoms with Gasteiger partial charge in [0.15, 0.2) is 0 Å². The number of nitrogens with zero attached hydrogens (tertiary/aromatic N) is 3. The molecular formula is C26H28N4O2S2. The van der Waals surface area contributed by atoms with Crippen molar-refractivity contribution in [1.29, 1.82) is 0 Å². The molecule has 1 unspecified atom stereocenters. The van der Waals surface area contributed by atoms with Gasteiger partial charge < -0.3 is 15.0 Å². The standard InChI is InChI=1S/C26H28N4O2S2/c1-15-22-18(10-13-30(15)25(31)32-26(2,3)4)21(23(27-5)34-22)24-29-19-14-17(6-7-20(19)33-24)16-8-11-28-12-9-16/h6-9,11-12,14-15,27H,10,13H2,1-5H3. The summed E-state index contributed by atoms with van der Waals surface area (Å²) in [6, 6.07) is 10.4. The Kier molecular flexibility index (Phi) is 5.81. The van der Waals surface area contributed by atoms with E-state index in [1.807, 2.05) is 57.2 Å². The molecule has 34 heavy (non-hydrogen) atoms. The topological polar surface area (TPSA) is 67.4 Å². The highest BCUT2D eigenvalue weighted by molar-refractivity contribution is 7.22. The first kappa shape index (κ1) is 22.8. The number of rotatable bonds is 3. The molecule has 1 aliphatic rings. The minimum absolute atomic E-state index is 0.0443. The third kappa shape index (κ3) is 4.16. The molecule has 8 heteroatoms. The smallest absolute Gasteiger partial charge is 0.410 e. The monoisotopic (exact) mass is 492 g/mol. The maximum atomic E-state index is 12.8. The molecule has 1 aliphatic heterocycles. The van der Waals surface area contributed by atoms with Crippen LogP contribution in [0.4, 0.5) is 9.80 Å². The fraction of sp³-hybridized carbons (Fsp3) is 0.346. The van der Waals surface area contributed by atoms with Crippen molar-refractivity contribution in [2.75, 3.05) is 18.9 Å². The van der Waals surface area contributed by atoms with Crippen LogP contribution in [0.3, 0.4) is 0 Å². The predicted molar refractivity (Wildman–Crippen MR) is 141 cm³/mol. The van der Waals surface area contributed by atoms with Gasteiger partial charge in [0, 0.05) is 36.4 Å². The van der Waals surface area contributed by atoms with Gasteiger partial charge in [-0.25, -0.2) is 9.78 Å². The Morgan fingerprint density at radius 2 is 1.91 bits per heavy atom. The van der Waals surface area contributed by atoms with Gasteiger partial charge in [0.05, 0.1) is 21.3 Å². The number of anilines is 1. The summed E-state index contributed by atoms with van der Waals surface area (Å²) in [7, 11) is 1.95.